The van der Waals surface area contributed by atoms with Crippen LogP contribution in [0.2, 0.25) is 0 Å². The Kier molecular flexibility index (Phi) is 4.33. The van der Waals surface area contributed by atoms with Gasteiger partial charge in [-0.15, -0.1) is 0 Å². The van der Waals surface area contributed by atoms with Gasteiger partial charge in [0.25, 0.3) is 0 Å². The van der Waals surface area contributed by atoms with Gasteiger partial charge in [0.15, 0.2) is 0 Å². The molecule has 0 bridgehead atoms. The summed E-state index contributed by atoms with van der Waals surface area (Å²) in [6.07, 6.45) is 2.04. The van der Waals surface area contributed by atoms with Crippen LogP contribution in [0.3, 0.4) is 0 Å². The van der Waals surface area contributed by atoms with E-state index >= 15 is 0 Å². The van der Waals surface area contributed by atoms with E-state index < -0.39 is 0 Å². The minimum Gasteiger partial charge on any atom is -0.497 e. The minimum absolute atomic E-state index is 0.109. The van der Waals surface area contributed by atoms with E-state index in [-0.39, 0.29) is 5.54 Å². The van der Waals surface area contributed by atoms with Gasteiger partial charge < -0.3 is 14.8 Å². The number of aryl methyl sites for hydroxylation is 1. The molecule has 5 nitrogen and oxygen atoms in total. The summed E-state index contributed by atoms with van der Waals surface area (Å²) < 4.78 is 13.0. The van der Waals surface area contributed by atoms with Crippen molar-refractivity contribution in [2.45, 2.75) is 33.2 Å². The number of rotatable bonds is 4. The van der Waals surface area contributed by atoms with Crippen molar-refractivity contribution in [1.29, 1.82) is 0 Å². The second-order valence-corrected chi connectivity index (χ2v) is 7.18. The van der Waals surface area contributed by atoms with Gasteiger partial charge in [-0.05, 0) is 63.6 Å². The van der Waals surface area contributed by atoms with E-state index in [2.05, 4.69) is 49.5 Å². The topological polar surface area (TPSA) is 47.8 Å². The monoisotopic (exact) mass is 339 g/mol. The third-order valence-electron chi connectivity index (χ3n) is 3.94. The molecule has 0 aliphatic heterocycles. The van der Waals surface area contributed by atoms with Gasteiger partial charge in [-0.3, -0.25) is 4.40 Å². The molecular weight excluding hydrogens is 314 g/mol. The van der Waals surface area contributed by atoms with E-state index in [1.165, 1.54) is 5.56 Å². The highest BCUT2D eigenvalue weighted by Gasteiger charge is 2.22. The molecule has 1 N–H and O–H groups in total. The number of aromatic nitrogens is 2. The average Bonchev–Trinajstić information content (AvgIpc) is 2.89. The van der Waals surface area contributed by atoms with Crippen LogP contribution in [0.25, 0.3) is 16.9 Å². The Labute approximate surface area is 148 Å². The summed E-state index contributed by atoms with van der Waals surface area (Å²) in [6, 6.07) is 9.91. The molecule has 0 unspecified atom stereocenters. The molecule has 2 aromatic heterocycles. The van der Waals surface area contributed by atoms with Crippen molar-refractivity contribution in [3.63, 3.8) is 0 Å². The Morgan fingerprint density at radius 3 is 2.44 bits per heavy atom. The van der Waals surface area contributed by atoms with Crippen LogP contribution < -0.4 is 14.8 Å². The molecule has 132 valence electrons. The number of imidazole rings is 1. The summed E-state index contributed by atoms with van der Waals surface area (Å²) >= 11 is 0. The lowest BCUT2D eigenvalue weighted by molar-refractivity contribution is 0.404. The number of methoxy groups -OCH3 is 2. The zero-order chi connectivity index (χ0) is 18.2. The molecular formula is C20H25N3O2. The maximum atomic E-state index is 5.57. The summed E-state index contributed by atoms with van der Waals surface area (Å²) in [6.45, 7) is 8.46. The summed E-state index contributed by atoms with van der Waals surface area (Å²) in [5.41, 5.74) is 3.70. The van der Waals surface area contributed by atoms with E-state index in [4.69, 9.17) is 14.5 Å². The Hall–Kier alpha value is -2.69. The largest absolute Gasteiger partial charge is 0.497 e. The lowest BCUT2D eigenvalue weighted by atomic mass is 10.1. The van der Waals surface area contributed by atoms with Crippen LogP contribution in [0.15, 0.2) is 36.5 Å². The van der Waals surface area contributed by atoms with Crippen LogP contribution in [0.5, 0.6) is 11.5 Å². The van der Waals surface area contributed by atoms with Crippen molar-refractivity contribution in [2.24, 2.45) is 0 Å². The molecule has 0 fully saturated rings. The third-order valence-corrected chi connectivity index (χ3v) is 3.94. The summed E-state index contributed by atoms with van der Waals surface area (Å²) in [7, 11) is 3.33. The first-order valence-corrected chi connectivity index (χ1v) is 8.31. The van der Waals surface area contributed by atoms with Crippen molar-refractivity contribution in [1.82, 2.24) is 9.38 Å². The van der Waals surface area contributed by atoms with Gasteiger partial charge in [0.2, 0.25) is 0 Å². The van der Waals surface area contributed by atoms with Crippen molar-refractivity contribution in [3.8, 4) is 22.8 Å². The van der Waals surface area contributed by atoms with E-state index in [0.29, 0.717) is 0 Å². The molecule has 0 aliphatic carbocycles. The number of hydrogen-bond acceptors (Lipinski definition) is 4. The Bertz CT molecular complexity index is 907. The second kappa shape index (κ2) is 6.31. The fourth-order valence-corrected chi connectivity index (χ4v) is 2.81. The second-order valence-electron chi connectivity index (χ2n) is 7.18. The first-order chi connectivity index (χ1) is 11.8. The van der Waals surface area contributed by atoms with Gasteiger partial charge in [-0.2, -0.15) is 0 Å². The van der Waals surface area contributed by atoms with Crippen LogP contribution >= 0.6 is 0 Å². The van der Waals surface area contributed by atoms with Crippen LogP contribution in [-0.2, 0) is 0 Å². The molecule has 2 heterocycles. The number of fused-ring (bicyclic) bond motifs is 1. The molecule has 0 atom stereocenters. The van der Waals surface area contributed by atoms with Crippen molar-refractivity contribution in [2.75, 3.05) is 19.5 Å². The number of benzene rings is 1. The number of pyridine rings is 1. The van der Waals surface area contributed by atoms with Gasteiger partial charge in [0, 0.05) is 17.3 Å². The van der Waals surface area contributed by atoms with Gasteiger partial charge >= 0.3 is 0 Å². The van der Waals surface area contributed by atoms with E-state index in [0.717, 1.165) is 34.2 Å². The van der Waals surface area contributed by atoms with Crippen molar-refractivity contribution < 1.29 is 9.47 Å². The van der Waals surface area contributed by atoms with Crippen LogP contribution in [0.1, 0.15) is 26.3 Å². The highest BCUT2D eigenvalue weighted by Crippen LogP contribution is 2.38. The first kappa shape index (κ1) is 17.1. The quantitative estimate of drug-likeness (QED) is 0.758. The molecule has 0 saturated carbocycles. The Morgan fingerprint density at radius 1 is 1.04 bits per heavy atom. The van der Waals surface area contributed by atoms with Crippen molar-refractivity contribution in [3.05, 3.63) is 42.1 Å². The van der Waals surface area contributed by atoms with Gasteiger partial charge in [0.05, 0.1) is 14.2 Å². The molecule has 1 aromatic carbocycles. The Balaban J connectivity index is 2.30. The molecule has 25 heavy (non-hydrogen) atoms. The number of anilines is 1. The van der Waals surface area contributed by atoms with Crippen molar-refractivity contribution >= 4 is 11.5 Å². The highest BCUT2D eigenvalue weighted by molar-refractivity contribution is 5.81. The fraction of sp³-hybridized carbons (Fsp3) is 0.350. The van der Waals surface area contributed by atoms with Crippen LogP contribution in [-0.4, -0.2) is 29.1 Å². The minimum atomic E-state index is -0.109. The number of hydrogen-bond donors (Lipinski definition) is 1. The molecule has 3 rings (SSSR count). The normalized spacial score (nSPS) is 11.6. The lowest BCUT2D eigenvalue weighted by Gasteiger charge is -2.23. The molecule has 0 aliphatic rings. The first-order valence-electron chi connectivity index (χ1n) is 8.31. The van der Waals surface area contributed by atoms with Crippen LogP contribution in [0, 0.1) is 6.92 Å². The SMILES string of the molecule is COc1ccc(OC)c(-c2nc3cc(C)ccn3c2NC(C)(C)C)c1. The summed E-state index contributed by atoms with van der Waals surface area (Å²) in [5.74, 6) is 2.47. The predicted octanol–water partition coefficient (Wildman–Crippen LogP) is 4.54. The molecule has 0 radical (unpaired) electrons. The molecule has 5 heteroatoms. The smallest absolute Gasteiger partial charge is 0.139 e. The van der Waals surface area contributed by atoms with Gasteiger partial charge in [-0.1, -0.05) is 0 Å². The molecule has 0 saturated heterocycles. The third kappa shape index (κ3) is 3.40. The predicted molar refractivity (Wildman–Crippen MR) is 102 cm³/mol. The fourth-order valence-electron chi connectivity index (χ4n) is 2.81. The highest BCUT2D eigenvalue weighted by atomic mass is 16.5. The standard InChI is InChI=1S/C20H25N3O2/c1-13-9-10-23-17(11-13)21-18(19(23)22-20(2,3)4)15-12-14(24-5)7-8-16(15)25-6/h7-12,22H,1-6H3. The zero-order valence-corrected chi connectivity index (χ0v) is 15.7. The number of ether oxygens (including phenoxy) is 2. The lowest BCUT2D eigenvalue weighted by Crippen LogP contribution is -2.27. The number of nitrogens with one attached hydrogen (secondary N) is 1. The summed E-state index contributed by atoms with van der Waals surface area (Å²) in [5, 5.41) is 3.58. The number of nitrogens with zero attached hydrogens (tertiary/aromatic N) is 2. The van der Waals surface area contributed by atoms with Crippen LogP contribution in [0.4, 0.5) is 5.82 Å². The maximum Gasteiger partial charge on any atom is 0.139 e. The maximum absolute atomic E-state index is 5.57. The average molecular weight is 339 g/mol. The zero-order valence-electron chi connectivity index (χ0n) is 15.7. The van der Waals surface area contributed by atoms with E-state index in [1.54, 1.807) is 14.2 Å². The Morgan fingerprint density at radius 2 is 1.80 bits per heavy atom. The van der Waals surface area contributed by atoms with Gasteiger partial charge in [-0.25, -0.2) is 4.98 Å². The van der Waals surface area contributed by atoms with E-state index in [1.807, 2.05) is 24.4 Å². The summed E-state index contributed by atoms with van der Waals surface area (Å²) in [4.78, 5) is 4.88. The molecule has 3 aromatic rings. The van der Waals surface area contributed by atoms with Gasteiger partial charge in [0.1, 0.15) is 28.7 Å². The molecule has 0 amide bonds. The molecule has 0 spiro atoms. The van der Waals surface area contributed by atoms with E-state index in [9.17, 15) is 0 Å².